The van der Waals surface area contributed by atoms with Crippen molar-refractivity contribution < 1.29 is 18.9 Å². The van der Waals surface area contributed by atoms with E-state index in [1.165, 1.54) is 0 Å². The molecule has 0 spiro atoms. The first-order chi connectivity index (χ1) is 12.1. The van der Waals surface area contributed by atoms with E-state index in [4.69, 9.17) is 20.8 Å². The van der Waals surface area contributed by atoms with Crippen LogP contribution in [0.4, 0.5) is 0 Å². The van der Waals surface area contributed by atoms with Crippen LogP contribution in [0.1, 0.15) is 32.6 Å². The Morgan fingerprint density at radius 1 is 1.20 bits per heavy atom. The molecule has 1 aliphatic rings. The molecule has 7 heteroatoms. The molecule has 2 aromatic carbocycles. The van der Waals surface area contributed by atoms with Crippen molar-refractivity contribution in [1.82, 2.24) is 4.83 Å². The summed E-state index contributed by atoms with van der Waals surface area (Å²) in [7, 11) is -2.78. The number of esters is 1. The van der Waals surface area contributed by atoms with Crippen molar-refractivity contribution in [3.8, 4) is 5.75 Å². The molecule has 2 aromatic rings. The average Bonchev–Trinajstić information content (AvgIpc) is 3.11. The number of ether oxygens (including phenoxy) is 1. The topological polar surface area (TPSA) is 55.8 Å². The summed E-state index contributed by atoms with van der Waals surface area (Å²) in [6.45, 7) is 1.59. The largest absolute Gasteiger partial charge is 0.461 e. The SMILES string of the molecule is C[C@@H](C(=O)OC1CCCC1)N(Oc1cccc2ccccc12)[PH](=O)Cl. The van der Waals surface area contributed by atoms with E-state index in [-0.39, 0.29) is 6.10 Å². The number of hydrogen-bond donors (Lipinski definition) is 0. The van der Waals surface area contributed by atoms with E-state index in [1.54, 1.807) is 13.0 Å². The summed E-state index contributed by atoms with van der Waals surface area (Å²) >= 11 is 5.84. The molecule has 0 saturated heterocycles. The molecule has 2 atom stereocenters. The highest BCUT2D eigenvalue weighted by atomic mass is 35.7. The van der Waals surface area contributed by atoms with Crippen molar-refractivity contribution in [3.63, 3.8) is 0 Å². The van der Waals surface area contributed by atoms with Gasteiger partial charge in [0.1, 0.15) is 12.1 Å². The number of hydrogen-bond acceptors (Lipinski definition) is 4. The first-order valence-corrected chi connectivity index (χ1v) is 10.8. The fraction of sp³-hybridized carbons (Fsp3) is 0.389. The van der Waals surface area contributed by atoms with E-state index in [9.17, 15) is 9.36 Å². The van der Waals surface area contributed by atoms with Crippen molar-refractivity contribution in [2.45, 2.75) is 44.8 Å². The second kappa shape index (κ2) is 8.22. The zero-order chi connectivity index (χ0) is 17.8. The van der Waals surface area contributed by atoms with Gasteiger partial charge in [0, 0.05) is 5.39 Å². The molecule has 0 amide bonds. The predicted molar refractivity (Wildman–Crippen MR) is 99.1 cm³/mol. The number of hydroxylamine groups is 1. The van der Waals surface area contributed by atoms with E-state index in [0.29, 0.717) is 5.75 Å². The zero-order valence-corrected chi connectivity index (χ0v) is 15.7. The van der Waals surface area contributed by atoms with Crippen LogP contribution in [0.15, 0.2) is 42.5 Å². The van der Waals surface area contributed by atoms with Gasteiger partial charge in [-0.1, -0.05) is 41.2 Å². The lowest BCUT2D eigenvalue weighted by Gasteiger charge is -2.25. The molecule has 0 aliphatic heterocycles. The molecule has 0 heterocycles. The van der Waals surface area contributed by atoms with Crippen LogP contribution in [-0.2, 0) is 14.1 Å². The first-order valence-electron chi connectivity index (χ1n) is 8.41. The molecule has 134 valence electrons. The van der Waals surface area contributed by atoms with Gasteiger partial charge in [-0.3, -0.25) is 9.36 Å². The maximum absolute atomic E-state index is 12.4. The summed E-state index contributed by atoms with van der Waals surface area (Å²) in [6.07, 6.45) is 3.81. The standard InChI is InChI=1S/C18H21ClNO4P/c1-13(18(21)23-15-9-3-4-10-15)20(25(19)22)24-17-12-6-8-14-7-2-5-11-16(14)17/h2,5-8,11-13,15,25H,3-4,9-10H2,1H3/t13-/m0/s1. The van der Waals surface area contributed by atoms with Gasteiger partial charge >= 0.3 is 5.97 Å². The van der Waals surface area contributed by atoms with Crippen LogP contribution in [0.25, 0.3) is 10.8 Å². The van der Waals surface area contributed by atoms with E-state index in [0.717, 1.165) is 41.3 Å². The van der Waals surface area contributed by atoms with Gasteiger partial charge in [0.2, 0.25) is 0 Å². The van der Waals surface area contributed by atoms with Gasteiger partial charge in [0.05, 0.1) is 0 Å². The van der Waals surface area contributed by atoms with Crippen LogP contribution >= 0.6 is 18.5 Å². The lowest BCUT2D eigenvalue weighted by molar-refractivity contribution is -0.159. The van der Waals surface area contributed by atoms with Crippen molar-refractivity contribution >= 4 is 35.3 Å². The predicted octanol–water partition coefficient (Wildman–Crippen LogP) is 4.94. The van der Waals surface area contributed by atoms with Crippen molar-refractivity contribution in [1.29, 1.82) is 0 Å². The molecule has 25 heavy (non-hydrogen) atoms. The smallest absolute Gasteiger partial charge is 0.327 e. The fourth-order valence-electron chi connectivity index (χ4n) is 3.01. The van der Waals surface area contributed by atoms with Crippen LogP contribution in [0.5, 0.6) is 5.75 Å². The number of fused-ring (bicyclic) bond motifs is 1. The number of nitrogens with zero attached hydrogens (tertiary/aromatic N) is 1. The van der Waals surface area contributed by atoms with E-state index in [2.05, 4.69) is 0 Å². The monoisotopic (exact) mass is 381 g/mol. The summed E-state index contributed by atoms with van der Waals surface area (Å²) in [5.74, 6) is 0.0313. The van der Waals surface area contributed by atoms with Crippen LogP contribution in [0.3, 0.4) is 0 Å². The second-order valence-electron chi connectivity index (χ2n) is 6.17. The Balaban J connectivity index is 1.78. The zero-order valence-electron chi connectivity index (χ0n) is 14.0. The summed E-state index contributed by atoms with van der Waals surface area (Å²) in [5, 5.41) is 1.83. The van der Waals surface area contributed by atoms with E-state index < -0.39 is 19.3 Å². The number of rotatable bonds is 6. The van der Waals surface area contributed by atoms with Crippen LogP contribution in [0.2, 0.25) is 0 Å². The van der Waals surface area contributed by atoms with E-state index in [1.807, 2.05) is 36.4 Å². The minimum atomic E-state index is -2.78. The highest BCUT2D eigenvalue weighted by Crippen LogP contribution is 2.38. The summed E-state index contributed by atoms with van der Waals surface area (Å²) < 4.78 is 17.5. The molecule has 0 bridgehead atoms. The van der Waals surface area contributed by atoms with Gasteiger partial charge < -0.3 is 9.57 Å². The molecule has 0 radical (unpaired) electrons. The Labute approximate surface area is 152 Å². The summed E-state index contributed by atoms with van der Waals surface area (Å²) in [6, 6.07) is 12.4. The third-order valence-corrected chi connectivity index (χ3v) is 5.72. The lowest BCUT2D eigenvalue weighted by Crippen LogP contribution is -2.38. The molecule has 5 nitrogen and oxygen atoms in total. The number of benzene rings is 2. The molecular formula is C18H21ClNO4P. The Kier molecular flexibility index (Phi) is 6.00. The molecule has 0 aromatic heterocycles. The lowest BCUT2D eigenvalue weighted by atomic mass is 10.1. The van der Waals surface area contributed by atoms with Gasteiger partial charge in [-0.25, -0.2) is 0 Å². The number of carbonyl (C=O) groups is 1. The minimum absolute atomic E-state index is 0.0630. The van der Waals surface area contributed by atoms with Crippen molar-refractivity contribution in [2.75, 3.05) is 0 Å². The third-order valence-electron chi connectivity index (χ3n) is 4.40. The Hall–Kier alpha value is -1.55. The Morgan fingerprint density at radius 3 is 2.60 bits per heavy atom. The maximum Gasteiger partial charge on any atom is 0.327 e. The molecule has 1 unspecified atom stereocenters. The minimum Gasteiger partial charge on any atom is -0.461 e. The summed E-state index contributed by atoms with van der Waals surface area (Å²) in [4.78, 5) is 19.2. The van der Waals surface area contributed by atoms with Gasteiger partial charge in [0.15, 0.2) is 5.75 Å². The normalized spacial score (nSPS) is 17.6. The molecule has 3 rings (SSSR count). The highest BCUT2D eigenvalue weighted by Gasteiger charge is 2.31. The molecule has 0 N–H and O–H groups in total. The molecule has 1 saturated carbocycles. The van der Waals surface area contributed by atoms with Gasteiger partial charge in [-0.2, -0.15) is 0 Å². The molecule has 1 aliphatic carbocycles. The number of halogens is 1. The molecule has 1 fully saturated rings. The Morgan fingerprint density at radius 2 is 1.88 bits per heavy atom. The van der Waals surface area contributed by atoms with Crippen LogP contribution < -0.4 is 4.84 Å². The average molecular weight is 382 g/mol. The first kappa shape index (κ1) is 18.2. The van der Waals surface area contributed by atoms with Crippen LogP contribution in [0, 0.1) is 0 Å². The van der Waals surface area contributed by atoms with Crippen molar-refractivity contribution in [3.05, 3.63) is 42.5 Å². The van der Waals surface area contributed by atoms with Gasteiger partial charge in [-0.15, -0.1) is 0 Å². The Bertz CT molecular complexity index is 773. The van der Waals surface area contributed by atoms with Crippen LogP contribution in [-0.4, -0.2) is 22.9 Å². The highest BCUT2D eigenvalue weighted by molar-refractivity contribution is 7.71. The van der Waals surface area contributed by atoms with Crippen molar-refractivity contribution in [2.24, 2.45) is 0 Å². The molecular weight excluding hydrogens is 361 g/mol. The van der Waals surface area contributed by atoms with Gasteiger partial charge in [-0.05, 0) is 55.3 Å². The quantitative estimate of drug-likeness (QED) is 0.403. The summed E-state index contributed by atoms with van der Waals surface area (Å²) in [5.41, 5.74) is 0. The van der Waals surface area contributed by atoms with Gasteiger partial charge in [0.25, 0.3) is 7.30 Å². The maximum atomic E-state index is 12.4. The second-order valence-corrected chi connectivity index (χ2v) is 8.08. The third kappa shape index (κ3) is 4.35. The number of carbonyl (C=O) groups excluding carboxylic acids is 1. The van der Waals surface area contributed by atoms with E-state index >= 15 is 0 Å². The fourth-order valence-corrected chi connectivity index (χ4v) is 4.14.